The molecule has 0 spiro atoms. The second kappa shape index (κ2) is 7.35. The van der Waals surface area contributed by atoms with E-state index in [0.29, 0.717) is 18.8 Å². The van der Waals surface area contributed by atoms with Gasteiger partial charge in [0.25, 0.3) is 0 Å². The molecule has 0 aromatic heterocycles. The minimum absolute atomic E-state index is 0.183. The summed E-state index contributed by atoms with van der Waals surface area (Å²) in [7, 11) is 0. The molecule has 0 bridgehead atoms. The fourth-order valence-electron chi connectivity index (χ4n) is 1.54. The van der Waals surface area contributed by atoms with Gasteiger partial charge < -0.3 is 15.0 Å². The standard InChI is InChI=1S/C13H17FN2O3/c1-3-19-13(18)15-8-9-16(10(2)17)12-6-4-11(14)5-7-12/h4-7H,3,8-9H2,1-2H3,(H,15,18). The Hall–Kier alpha value is -2.11. The maximum atomic E-state index is 12.8. The summed E-state index contributed by atoms with van der Waals surface area (Å²) in [4.78, 5) is 24.1. The lowest BCUT2D eigenvalue weighted by molar-refractivity contribution is -0.116. The molecule has 5 nitrogen and oxygen atoms in total. The van der Waals surface area contributed by atoms with E-state index in [-0.39, 0.29) is 18.3 Å². The molecule has 0 aliphatic heterocycles. The molecule has 1 aromatic rings. The molecule has 0 saturated carbocycles. The van der Waals surface area contributed by atoms with Gasteiger partial charge in [-0.05, 0) is 31.2 Å². The van der Waals surface area contributed by atoms with Crippen molar-refractivity contribution in [3.63, 3.8) is 0 Å². The number of alkyl carbamates (subject to hydrolysis) is 1. The van der Waals surface area contributed by atoms with Crippen molar-refractivity contribution < 1.29 is 18.7 Å². The Morgan fingerprint density at radius 2 is 1.95 bits per heavy atom. The van der Waals surface area contributed by atoms with E-state index in [2.05, 4.69) is 5.32 Å². The molecule has 19 heavy (non-hydrogen) atoms. The van der Waals surface area contributed by atoms with Gasteiger partial charge in [-0.1, -0.05) is 0 Å². The van der Waals surface area contributed by atoms with Crippen LogP contribution in [0.1, 0.15) is 13.8 Å². The molecule has 0 heterocycles. The first kappa shape index (κ1) is 14.9. The van der Waals surface area contributed by atoms with Gasteiger partial charge in [-0.15, -0.1) is 0 Å². The van der Waals surface area contributed by atoms with Crippen LogP contribution in [0.15, 0.2) is 24.3 Å². The summed E-state index contributed by atoms with van der Waals surface area (Å²) in [6.07, 6.45) is -0.523. The number of halogens is 1. The van der Waals surface area contributed by atoms with E-state index in [1.165, 1.54) is 36.1 Å². The SMILES string of the molecule is CCOC(=O)NCCN(C(C)=O)c1ccc(F)cc1. The Kier molecular flexibility index (Phi) is 5.78. The number of carbonyl (C=O) groups is 2. The third-order valence-corrected chi connectivity index (χ3v) is 2.40. The van der Waals surface area contributed by atoms with Crippen molar-refractivity contribution >= 4 is 17.7 Å². The minimum atomic E-state index is -0.523. The van der Waals surface area contributed by atoms with Gasteiger partial charge in [0.1, 0.15) is 5.82 Å². The van der Waals surface area contributed by atoms with E-state index < -0.39 is 6.09 Å². The smallest absolute Gasteiger partial charge is 0.407 e. The summed E-state index contributed by atoms with van der Waals surface area (Å²) in [5.41, 5.74) is 0.583. The van der Waals surface area contributed by atoms with Crippen molar-refractivity contribution in [3.05, 3.63) is 30.1 Å². The fraction of sp³-hybridized carbons (Fsp3) is 0.385. The lowest BCUT2D eigenvalue weighted by Crippen LogP contribution is -2.37. The predicted molar refractivity (Wildman–Crippen MR) is 69.5 cm³/mol. The summed E-state index contributed by atoms with van der Waals surface area (Å²) in [6.45, 7) is 3.96. The zero-order valence-corrected chi connectivity index (χ0v) is 11.0. The molecule has 0 fully saturated rings. The average molecular weight is 268 g/mol. The molecule has 1 N–H and O–H groups in total. The number of anilines is 1. The number of carbonyl (C=O) groups excluding carboxylic acids is 2. The van der Waals surface area contributed by atoms with Crippen molar-refractivity contribution in [2.45, 2.75) is 13.8 Å². The van der Waals surface area contributed by atoms with Crippen molar-refractivity contribution in [3.8, 4) is 0 Å². The quantitative estimate of drug-likeness (QED) is 0.887. The van der Waals surface area contributed by atoms with Crippen LogP contribution in [0.3, 0.4) is 0 Å². The van der Waals surface area contributed by atoms with Crippen LogP contribution in [0.2, 0.25) is 0 Å². The Morgan fingerprint density at radius 1 is 1.32 bits per heavy atom. The minimum Gasteiger partial charge on any atom is -0.450 e. The molecule has 0 unspecified atom stereocenters. The number of ether oxygens (including phenoxy) is 1. The Balaban J connectivity index is 2.57. The van der Waals surface area contributed by atoms with E-state index >= 15 is 0 Å². The first-order chi connectivity index (χ1) is 9.04. The van der Waals surface area contributed by atoms with Crippen LogP contribution in [-0.4, -0.2) is 31.7 Å². The summed E-state index contributed by atoms with van der Waals surface area (Å²) < 4.78 is 17.5. The molecule has 0 saturated heterocycles. The molecule has 0 atom stereocenters. The fourth-order valence-corrected chi connectivity index (χ4v) is 1.54. The Bertz CT molecular complexity index is 434. The van der Waals surface area contributed by atoms with Crippen molar-refractivity contribution in [2.75, 3.05) is 24.6 Å². The number of hydrogen-bond acceptors (Lipinski definition) is 3. The molecular weight excluding hydrogens is 251 g/mol. The third kappa shape index (κ3) is 4.95. The predicted octanol–water partition coefficient (Wildman–Crippen LogP) is 1.92. The van der Waals surface area contributed by atoms with E-state index in [1.807, 2.05) is 0 Å². The highest BCUT2D eigenvalue weighted by atomic mass is 19.1. The van der Waals surface area contributed by atoms with Gasteiger partial charge >= 0.3 is 6.09 Å². The zero-order chi connectivity index (χ0) is 14.3. The number of benzene rings is 1. The van der Waals surface area contributed by atoms with Gasteiger partial charge in [0.2, 0.25) is 5.91 Å². The topological polar surface area (TPSA) is 58.6 Å². The molecule has 1 rings (SSSR count). The van der Waals surface area contributed by atoms with Crippen LogP contribution in [0.5, 0.6) is 0 Å². The van der Waals surface area contributed by atoms with Crippen molar-refractivity contribution in [1.29, 1.82) is 0 Å². The maximum absolute atomic E-state index is 12.8. The Morgan fingerprint density at radius 3 is 2.47 bits per heavy atom. The molecule has 0 aliphatic carbocycles. The van der Waals surface area contributed by atoms with Crippen LogP contribution < -0.4 is 10.2 Å². The van der Waals surface area contributed by atoms with E-state index in [9.17, 15) is 14.0 Å². The molecule has 0 radical (unpaired) electrons. The molecule has 2 amide bonds. The zero-order valence-electron chi connectivity index (χ0n) is 11.0. The lowest BCUT2D eigenvalue weighted by atomic mass is 10.2. The van der Waals surface area contributed by atoms with E-state index in [4.69, 9.17) is 4.74 Å². The maximum Gasteiger partial charge on any atom is 0.407 e. The largest absolute Gasteiger partial charge is 0.450 e. The molecule has 104 valence electrons. The summed E-state index contributed by atoms with van der Waals surface area (Å²) in [5.74, 6) is -0.547. The second-order valence-electron chi connectivity index (χ2n) is 3.79. The Labute approximate surface area is 111 Å². The first-order valence-electron chi connectivity index (χ1n) is 5.99. The van der Waals surface area contributed by atoms with Gasteiger partial charge in [0.05, 0.1) is 6.61 Å². The van der Waals surface area contributed by atoms with Gasteiger partial charge in [0.15, 0.2) is 0 Å². The second-order valence-corrected chi connectivity index (χ2v) is 3.79. The van der Waals surface area contributed by atoms with Crippen molar-refractivity contribution in [2.24, 2.45) is 0 Å². The number of nitrogens with one attached hydrogen (secondary N) is 1. The van der Waals surface area contributed by atoms with Gasteiger partial charge in [-0.25, -0.2) is 9.18 Å². The van der Waals surface area contributed by atoms with E-state index in [1.54, 1.807) is 6.92 Å². The van der Waals surface area contributed by atoms with Crippen LogP contribution in [-0.2, 0) is 9.53 Å². The highest BCUT2D eigenvalue weighted by Crippen LogP contribution is 2.14. The van der Waals surface area contributed by atoms with Crippen LogP contribution in [0, 0.1) is 5.82 Å². The lowest BCUT2D eigenvalue weighted by Gasteiger charge is -2.21. The number of hydrogen-bond donors (Lipinski definition) is 1. The summed E-state index contributed by atoms with van der Waals surface area (Å²) >= 11 is 0. The molecule has 0 aliphatic rings. The van der Waals surface area contributed by atoms with Gasteiger partial charge in [0, 0.05) is 25.7 Å². The van der Waals surface area contributed by atoms with Gasteiger partial charge in [-0.3, -0.25) is 4.79 Å². The number of amides is 2. The number of rotatable bonds is 5. The average Bonchev–Trinajstić information content (AvgIpc) is 2.36. The van der Waals surface area contributed by atoms with Crippen LogP contribution in [0.4, 0.5) is 14.9 Å². The van der Waals surface area contributed by atoms with Crippen LogP contribution in [0.25, 0.3) is 0 Å². The normalized spacial score (nSPS) is 9.84. The molecule has 1 aromatic carbocycles. The third-order valence-electron chi connectivity index (χ3n) is 2.40. The summed E-state index contributed by atoms with van der Waals surface area (Å²) in [6, 6.07) is 5.59. The highest BCUT2D eigenvalue weighted by molar-refractivity contribution is 5.91. The number of nitrogens with zero attached hydrogens (tertiary/aromatic N) is 1. The van der Waals surface area contributed by atoms with Crippen LogP contribution >= 0.6 is 0 Å². The van der Waals surface area contributed by atoms with Crippen molar-refractivity contribution in [1.82, 2.24) is 5.32 Å². The van der Waals surface area contributed by atoms with Gasteiger partial charge in [-0.2, -0.15) is 0 Å². The summed E-state index contributed by atoms with van der Waals surface area (Å²) in [5, 5.41) is 2.52. The first-order valence-corrected chi connectivity index (χ1v) is 5.99. The van der Waals surface area contributed by atoms with E-state index in [0.717, 1.165) is 0 Å². The monoisotopic (exact) mass is 268 g/mol. The molecular formula is C13H17FN2O3. The highest BCUT2D eigenvalue weighted by Gasteiger charge is 2.11. The molecule has 6 heteroatoms.